The monoisotopic (exact) mass is 696 g/mol. The zero-order valence-electron chi connectivity index (χ0n) is 31.8. The summed E-state index contributed by atoms with van der Waals surface area (Å²) in [5.74, 6) is 4.46. The van der Waals surface area contributed by atoms with E-state index < -0.39 is 0 Å². The summed E-state index contributed by atoms with van der Waals surface area (Å²) in [6, 6.07) is 0. The second-order valence-electron chi connectivity index (χ2n) is 17.4. The molecule has 0 saturated heterocycles. The topological polar surface area (TPSA) is 52.3 Å². The Morgan fingerprint density at radius 3 is 2.24 bits per heavy atom. The molecule has 4 heteroatoms. The van der Waals surface area contributed by atoms with E-state index in [-0.39, 0.29) is 31.7 Å². The third kappa shape index (κ3) is 8.54. The summed E-state index contributed by atoms with van der Waals surface area (Å²) >= 11 is 0. The molecule has 3 nitrogen and oxygen atoms in total. The Morgan fingerprint density at radius 1 is 0.920 bits per heavy atom. The van der Waals surface area contributed by atoms with E-state index in [0.717, 1.165) is 55.5 Å². The third-order valence-electron chi connectivity index (χ3n) is 14.6. The van der Waals surface area contributed by atoms with Gasteiger partial charge in [-0.05, 0) is 159 Å². The lowest BCUT2D eigenvalue weighted by Crippen LogP contribution is -2.63. The van der Waals surface area contributed by atoms with Crippen molar-refractivity contribution < 1.29 is 13.9 Å². The van der Waals surface area contributed by atoms with Crippen molar-refractivity contribution in [2.45, 2.75) is 151 Å². The van der Waals surface area contributed by atoms with Gasteiger partial charge in [-0.1, -0.05) is 85.4 Å². The molecule has 0 radical (unpaired) electrons. The van der Waals surface area contributed by atoms with Gasteiger partial charge in [-0.3, -0.25) is 4.39 Å². The number of halogens is 1. The van der Waals surface area contributed by atoms with Crippen LogP contribution in [-0.4, -0.2) is 32.7 Å². The Labute approximate surface area is 308 Å². The van der Waals surface area contributed by atoms with Crippen molar-refractivity contribution in [3.8, 4) is 0 Å². The van der Waals surface area contributed by atoms with Gasteiger partial charge < -0.3 is 15.3 Å². The van der Waals surface area contributed by atoms with Crippen molar-refractivity contribution in [3.05, 3.63) is 59.8 Å². The summed E-state index contributed by atoms with van der Waals surface area (Å²) < 4.78 is 14.5. The Morgan fingerprint density at radius 2 is 1.64 bits per heavy atom. The lowest BCUT2D eigenvalue weighted by atomic mass is 9.37. The van der Waals surface area contributed by atoms with Crippen molar-refractivity contribution in [3.63, 3.8) is 0 Å². The molecule has 4 fully saturated rings. The molecule has 0 amide bonds. The molecule has 0 aromatic heterocycles. The number of rotatable bonds is 4. The standard InChI is InChI=1S/C32H49NO.C8H12O.C3H6.CH3F.2CH4/c1-29(2)24(22-9-7-21(20-34)8-10-22)13-17-31(4)27(29)15-18-30(3)25-14-19-32(33)16-5-6-26(32)23(25)11-12-28(30)31;1-9-7-8-5-3-2-4-6-8;1-3-2;1-2;;/h9,13,20-21,23,25-28H,5-8,10-12,14-19,33H2,1-4H3;2-3,5H,4,6-7H2,1H3;3H,1H2,2H3;1H3;2*1H4. The van der Waals surface area contributed by atoms with Crippen molar-refractivity contribution in [1.82, 2.24) is 0 Å². The van der Waals surface area contributed by atoms with E-state index in [1.54, 1.807) is 24.3 Å². The molecular weight excluding hydrogens is 618 g/mol. The Hall–Kier alpha value is -1.78. The lowest BCUT2D eigenvalue weighted by Gasteiger charge is -2.68. The van der Waals surface area contributed by atoms with Crippen molar-refractivity contribution in [1.29, 1.82) is 0 Å². The SMILES string of the molecule is C.C.C=CC.CC1(C)C(C2=CCC(C=O)CC2)=CCC2(C)C1CCC1(C)C3CCC4(N)CCCC4C3CCC12.CF.COCC1=CC=CCC1. The molecule has 0 aromatic rings. The minimum Gasteiger partial charge on any atom is -0.380 e. The van der Waals surface area contributed by atoms with Gasteiger partial charge in [0.1, 0.15) is 6.29 Å². The van der Waals surface area contributed by atoms with Crippen LogP contribution in [0.4, 0.5) is 4.39 Å². The molecular formula is C46H78FNO2. The predicted molar refractivity (Wildman–Crippen MR) is 215 cm³/mol. The van der Waals surface area contributed by atoms with Crippen molar-refractivity contribution in [2.75, 3.05) is 20.9 Å². The van der Waals surface area contributed by atoms with E-state index in [9.17, 15) is 9.18 Å². The largest absolute Gasteiger partial charge is 0.380 e. The number of hydrogen-bond acceptors (Lipinski definition) is 3. The summed E-state index contributed by atoms with van der Waals surface area (Å²) in [6.45, 7) is 16.6. The number of fused-ring (bicyclic) bond motifs is 7. The van der Waals surface area contributed by atoms with Gasteiger partial charge in [0, 0.05) is 18.6 Å². The number of ether oxygens (including phenoxy) is 1. The highest BCUT2D eigenvalue weighted by Gasteiger charge is 2.65. The number of alkyl halides is 1. The normalized spacial score (nSPS) is 38.8. The Balaban J connectivity index is 0.000000462. The first-order valence-electron chi connectivity index (χ1n) is 19.4. The minimum atomic E-state index is 0. The average molecular weight is 696 g/mol. The van der Waals surface area contributed by atoms with Gasteiger partial charge in [-0.2, -0.15) is 0 Å². The highest BCUT2D eigenvalue weighted by atomic mass is 19.1. The third-order valence-corrected chi connectivity index (χ3v) is 14.6. The van der Waals surface area contributed by atoms with E-state index in [4.69, 9.17) is 10.5 Å². The first kappa shape index (κ1) is 44.4. The van der Waals surface area contributed by atoms with E-state index in [0.29, 0.717) is 18.0 Å². The van der Waals surface area contributed by atoms with Crippen LogP contribution in [0, 0.1) is 51.8 Å². The molecule has 4 saturated carbocycles. The van der Waals surface area contributed by atoms with Crippen molar-refractivity contribution >= 4 is 6.29 Å². The molecule has 7 rings (SSSR count). The average Bonchev–Trinajstić information content (AvgIpc) is 3.49. The molecule has 7 aliphatic carbocycles. The number of allylic oxidation sites excluding steroid dienone is 8. The van der Waals surface area contributed by atoms with Crippen LogP contribution in [-0.2, 0) is 9.53 Å². The maximum absolute atomic E-state index is 11.3. The quantitative estimate of drug-likeness (QED) is 0.235. The number of carbonyl (C=O) groups is 1. The van der Waals surface area contributed by atoms with Crippen LogP contribution in [0.3, 0.4) is 0 Å². The van der Waals surface area contributed by atoms with E-state index in [1.807, 2.05) is 6.92 Å². The van der Waals surface area contributed by atoms with Crippen LogP contribution in [0.15, 0.2) is 59.8 Å². The van der Waals surface area contributed by atoms with Gasteiger partial charge in [0.05, 0.1) is 13.8 Å². The van der Waals surface area contributed by atoms with Gasteiger partial charge in [-0.15, -0.1) is 6.58 Å². The van der Waals surface area contributed by atoms with Crippen LogP contribution in [0.1, 0.15) is 146 Å². The smallest absolute Gasteiger partial charge is 0.123 e. The highest BCUT2D eigenvalue weighted by molar-refractivity contribution is 5.55. The maximum atomic E-state index is 11.3. The number of aldehydes is 1. The fourth-order valence-electron chi connectivity index (χ4n) is 12.6. The number of hydrogen-bond donors (Lipinski definition) is 1. The lowest BCUT2D eigenvalue weighted by molar-refractivity contribution is -0.173. The number of methoxy groups -OCH3 is 1. The summed E-state index contributed by atoms with van der Waals surface area (Å²) in [4.78, 5) is 11.3. The fraction of sp³-hybridized carbons (Fsp3) is 0.761. The molecule has 9 atom stereocenters. The molecule has 7 aliphatic rings. The van der Waals surface area contributed by atoms with Gasteiger partial charge in [0.25, 0.3) is 0 Å². The first-order valence-corrected chi connectivity index (χ1v) is 19.4. The highest BCUT2D eigenvalue weighted by Crippen LogP contribution is 2.72. The fourth-order valence-corrected chi connectivity index (χ4v) is 12.6. The maximum Gasteiger partial charge on any atom is 0.123 e. The summed E-state index contributed by atoms with van der Waals surface area (Å²) in [6.07, 6.45) is 33.5. The number of carbonyl (C=O) groups excluding carboxylic acids is 1. The van der Waals surface area contributed by atoms with Crippen LogP contribution in [0.25, 0.3) is 0 Å². The second-order valence-corrected chi connectivity index (χ2v) is 17.4. The van der Waals surface area contributed by atoms with E-state index >= 15 is 0 Å². The zero-order chi connectivity index (χ0) is 35.2. The summed E-state index contributed by atoms with van der Waals surface area (Å²) in [5, 5.41) is 0. The molecule has 2 N–H and O–H groups in total. The zero-order valence-corrected chi connectivity index (χ0v) is 31.8. The predicted octanol–water partition coefficient (Wildman–Crippen LogP) is 12.6. The van der Waals surface area contributed by atoms with Gasteiger partial charge >= 0.3 is 0 Å². The summed E-state index contributed by atoms with van der Waals surface area (Å²) in [7, 11) is 2.24. The minimum absolute atomic E-state index is 0. The van der Waals surface area contributed by atoms with Crippen LogP contribution in [0.5, 0.6) is 0 Å². The molecule has 0 aromatic carbocycles. The van der Waals surface area contributed by atoms with Gasteiger partial charge in [-0.25, -0.2) is 0 Å². The van der Waals surface area contributed by atoms with E-state index in [1.165, 1.54) is 88.9 Å². The summed E-state index contributed by atoms with van der Waals surface area (Å²) in [5.41, 5.74) is 12.9. The van der Waals surface area contributed by atoms with Gasteiger partial charge in [0.2, 0.25) is 0 Å². The Bertz CT molecular complexity index is 1230. The molecule has 0 heterocycles. The van der Waals surface area contributed by atoms with Crippen LogP contribution >= 0.6 is 0 Å². The van der Waals surface area contributed by atoms with Crippen LogP contribution < -0.4 is 5.73 Å². The van der Waals surface area contributed by atoms with Crippen LogP contribution in [0.2, 0.25) is 0 Å². The molecule has 0 bridgehead atoms. The first-order chi connectivity index (χ1) is 23.0. The molecule has 0 aliphatic heterocycles. The second kappa shape index (κ2) is 18.8. The van der Waals surface area contributed by atoms with Gasteiger partial charge in [0.15, 0.2) is 0 Å². The van der Waals surface area contributed by atoms with E-state index in [2.05, 4.69) is 64.7 Å². The Kier molecular flexibility index (Phi) is 16.7. The molecule has 286 valence electrons. The van der Waals surface area contributed by atoms with Crippen molar-refractivity contribution in [2.24, 2.45) is 57.5 Å². The molecule has 9 unspecified atom stereocenters. The molecule has 50 heavy (non-hydrogen) atoms. The molecule has 0 spiro atoms. The number of nitrogens with two attached hydrogens (primary N) is 1.